The van der Waals surface area contributed by atoms with Crippen LogP contribution >= 0.6 is 127 Å². The van der Waals surface area contributed by atoms with Crippen molar-refractivity contribution in [3.63, 3.8) is 0 Å². The normalized spacial score (nSPS) is 12.7. The van der Waals surface area contributed by atoms with Crippen LogP contribution < -0.4 is 0 Å². The van der Waals surface area contributed by atoms with Crippen molar-refractivity contribution in [2.45, 2.75) is 0 Å². The number of aromatic amines is 2. The summed E-state index contributed by atoms with van der Waals surface area (Å²) in [6.45, 7) is 0. The van der Waals surface area contributed by atoms with Crippen molar-refractivity contribution in [1.29, 1.82) is 0 Å². The minimum atomic E-state index is -2.77. The number of halogens is 28. The zero-order chi connectivity index (χ0) is 56.2. The van der Waals surface area contributed by atoms with Crippen molar-refractivity contribution in [3.05, 3.63) is 157 Å². The molecule has 7 aromatic rings. The average Bonchev–Trinajstić information content (AvgIpc) is 4.06. The molecule has 4 nitrogen and oxygen atoms in total. The van der Waals surface area contributed by atoms with Gasteiger partial charge in [0.2, 0.25) is 23.3 Å². The van der Waals surface area contributed by atoms with E-state index in [1.54, 1.807) is 0 Å². The van der Waals surface area contributed by atoms with Gasteiger partial charge >= 0.3 is 16.8 Å². The van der Waals surface area contributed by atoms with E-state index in [2.05, 4.69) is 147 Å². The van der Waals surface area contributed by atoms with Crippen molar-refractivity contribution >= 4 is 167 Å². The Hall–Kier alpha value is -3.57. The Morgan fingerprint density at radius 2 is 0.338 bits per heavy atom. The summed E-state index contributed by atoms with van der Waals surface area (Å²) in [6, 6.07) is 0. The van der Waals surface area contributed by atoms with Gasteiger partial charge in [-0.2, -0.15) is 0 Å². The third kappa shape index (κ3) is 8.60. The molecule has 0 aliphatic carbocycles. The zero-order valence-corrected chi connectivity index (χ0v) is 48.5. The van der Waals surface area contributed by atoms with Gasteiger partial charge in [-0.05, 0) is 127 Å². The van der Waals surface area contributed by atoms with E-state index in [1.165, 1.54) is 0 Å². The van der Waals surface area contributed by atoms with Crippen LogP contribution in [0.5, 0.6) is 0 Å². The second-order valence-electron chi connectivity index (χ2n) is 15.2. The Bertz CT molecular complexity index is 3550. The third-order valence-corrected chi connectivity index (χ3v) is 19.6. The summed E-state index contributed by atoms with van der Waals surface area (Å²) in [7, 11) is 0. The molecule has 2 aliphatic rings. The fraction of sp³-hybridized carbons (Fsp3) is 0. The van der Waals surface area contributed by atoms with Crippen LogP contribution in [0.15, 0.2) is 17.9 Å². The van der Waals surface area contributed by atoms with Crippen LogP contribution in [0.1, 0.15) is 22.8 Å². The molecule has 0 fully saturated rings. The quantitative estimate of drug-likeness (QED) is 0.105. The van der Waals surface area contributed by atoms with Crippen LogP contribution in [0.4, 0.5) is 87.8 Å². The molecule has 5 heterocycles. The van der Waals surface area contributed by atoms with Crippen LogP contribution in [-0.4, -0.2) is 19.9 Å². The molecule has 1 radical (unpaired) electrons. The molecule has 401 valence electrons. The van der Waals surface area contributed by atoms with E-state index in [-0.39, 0.29) is 16.8 Å². The van der Waals surface area contributed by atoms with Crippen LogP contribution in [0.25, 0.3) is 84.5 Å². The smallest absolute Gasteiger partial charge is 0.352 e. The van der Waals surface area contributed by atoms with E-state index in [1.807, 2.05) is 0 Å². The zero-order valence-electron chi connectivity index (χ0n) is 34.8. The maximum atomic E-state index is 16.4. The summed E-state index contributed by atoms with van der Waals surface area (Å²) < 4.78 is 306. The van der Waals surface area contributed by atoms with E-state index < -0.39 is 242 Å². The second-order valence-corrected chi connectivity index (χ2v) is 21.5. The number of hydrogen-bond acceptors (Lipinski definition) is 2. The Morgan fingerprint density at radius 3 is 0.481 bits per heavy atom. The first-order valence-corrected chi connectivity index (χ1v) is 25.5. The number of hydrogen-bond donors (Lipinski definition) is 2. The fourth-order valence-electron chi connectivity index (χ4n) is 7.84. The first-order valence-electron chi connectivity index (χ1n) is 19.2. The molecular formula is C44H2Br8CoF20N4+2. The first kappa shape index (κ1) is 59.5. The molecule has 0 saturated carbocycles. The standard InChI is InChI=1S/C44H2Br8F20N4.Co/c45-9-11(47)39-6(2-19(55)27(63)34(70)28(64)20(2)56)41-13(49)15(51)43(75-41)8(4-23(59)31(67)36(72)32(68)24(4)60)44-16(52)14(50)42(76-44)7(3-21(57)29(65)35(71)30(66)22(3)58)40-12(48)10(46)38(74-40)5(37(9)73-39)1-17(53)25(61)33(69)26(62)18(1)54;/h73,76H;/q;+2. The Morgan fingerprint density at radius 1 is 0.208 bits per heavy atom. The van der Waals surface area contributed by atoms with Gasteiger partial charge in [-0.25, -0.2) is 97.8 Å². The summed E-state index contributed by atoms with van der Waals surface area (Å²) in [6.07, 6.45) is 0. The van der Waals surface area contributed by atoms with E-state index in [0.717, 1.165) is 0 Å². The van der Waals surface area contributed by atoms with Crippen LogP contribution in [-0.2, 0) is 16.8 Å². The van der Waals surface area contributed by atoms with Crippen LogP contribution in [0, 0.1) is 116 Å². The van der Waals surface area contributed by atoms with Crippen LogP contribution in [0.2, 0.25) is 0 Å². The molecule has 0 unspecified atom stereocenters. The number of H-pyrrole nitrogens is 2. The fourth-order valence-corrected chi connectivity index (χ4v) is 11.7. The van der Waals surface area contributed by atoms with Gasteiger partial charge in [-0.3, -0.25) is 0 Å². The average molecular weight is 1660 g/mol. The summed E-state index contributed by atoms with van der Waals surface area (Å²) >= 11 is 23.8. The predicted molar refractivity (Wildman–Crippen MR) is 262 cm³/mol. The van der Waals surface area contributed by atoms with Crippen molar-refractivity contribution in [2.75, 3.05) is 0 Å². The van der Waals surface area contributed by atoms with E-state index in [0.29, 0.717) is 0 Å². The number of rotatable bonds is 4. The monoisotopic (exact) mass is 1660 g/mol. The number of nitrogens with one attached hydrogen (secondary N) is 2. The van der Waals surface area contributed by atoms with Gasteiger partial charge in [-0.1, -0.05) is 0 Å². The Labute approximate surface area is 489 Å². The van der Waals surface area contributed by atoms with Crippen molar-refractivity contribution in [3.8, 4) is 44.5 Å². The van der Waals surface area contributed by atoms with E-state index in [9.17, 15) is 17.6 Å². The van der Waals surface area contributed by atoms with Gasteiger partial charge in [-0.15, -0.1) is 0 Å². The van der Waals surface area contributed by atoms with Gasteiger partial charge in [0.05, 0.1) is 103 Å². The predicted octanol–water partition coefficient (Wildman–Crippen LogP) is 20.0. The summed E-state index contributed by atoms with van der Waals surface area (Å²) in [5.41, 5.74) is -22.6. The minimum absolute atomic E-state index is 0. The Kier molecular flexibility index (Phi) is 16.3. The molecule has 8 bridgehead atoms. The molecule has 0 atom stereocenters. The van der Waals surface area contributed by atoms with E-state index >= 15 is 70.2 Å². The topological polar surface area (TPSA) is 57.4 Å². The molecule has 0 spiro atoms. The molecule has 3 aromatic heterocycles. The maximum absolute atomic E-state index is 16.4. The molecule has 2 aliphatic heterocycles. The van der Waals surface area contributed by atoms with Gasteiger partial charge in [0, 0.05) is 22.3 Å². The molecule has 77 heavy (non-hydrogen) atoms. The summed E-state index contributed by atoms with van der Waals surface area (Å²) in [5, 5.41) is 0. The molecule has 2 N–H and O–H groups in total. The summed E-state index contributed by atoms with van der Waals surface area (Å²) in [5.74, 6) is -54.1. The van der Waals surface area contributed by atoms with Gasteiger partial charge in [0.1, 0.15) is 0 Å². The number of fused-ring (bicyclic) bond motifs is 8. The Balaban J connectivity index is 0.00000784. The second kappa shape index (κ2) is 21.1. The minimum Gasteiger partial charge on any atom is -0.352 e. The molecule has 0 amide bonds. The van der Waals surface area contributed by atoms with Gasteiger partial charge in [0.15, 0.2) is 93.1 Å². The molecule has 33 heteroatoms. The molecule has 9 rings (SSSR count). The first-order chi connectivity index (χ1) is 35.4. The SMILES string of the molecule is Fc1c(F)c(F)c(-c2c3nc(c(-c4c(F)c(F)c(F)c(F)c4F)c4[nH]c(c(Br)c4Br)c(-c4c(F)c(F)c(F)c(F)c4F)c4nc(c(-c5c(F)c(F)c(F)c(F)c5F)c5[nH]c2c(Br)c5Br)C(Br)=C4Br)C(Br)=C3Br)c(F)c1F.[Co+2]. The third-order valence-electron chi connectivity index (χ3n) is 11.2. The van der Waals surface area contributed by atoms with Crippen LogP contribution in [0.3, 0.4) is 0 Å². The van der Waals surface area contributed by atoms with Crippen molar-refractivity contribution < 1.29 is 105 Å². The van der Waals surface area contributed by atoms with Gasteiger partial charge < -0.3 is 9.97 Å². The maximum Gasteiger partial charge on any atom is 2.00 e. The number of aromatic nitrogens is 4. The number of nitrogens with zero attached hydrogens (tertiary/aromatic N) is 2. The van der Waals surface area contributed by atoms with E-state index in [4.69, 9.17) is 0 Å². The largest absolute Gasteiger partial charge is 2.00 e. The molecule has 4 aromatic carbocycles. The number of benzene rings is 4. The van der Waals surface area contributed by atoms with Gasteiger partial charge in [0.25, 0.3) is 0 Å². The summed E-state index contributed by atoms with van der Waals surface area (Å²) in [4.78, 5) is 12.8. The van der Waals surface area contributed by atoms with Crippen molar-refractivity contribution in [2.24, 2.45) is 0 Å². The van der Waals surface area contributed by atoms with Crippen molar-refractivity contribution in [1.82, 2.24) is 19.9 Å². The molecular weight excluding hydrogens is 1660 g/mol. The molecule has 0 saturated heterocycles.